The molecule has 1 atom stereocenters. The zero-order valence-corrected chi connectivity index (χ0v) is 16.1. The van der Waals surface area contributed by atoms with Crippen LogP contribution in [0.2, 0.25) is 0 Å². The second kappa shape index (κ2) is 9.19. The molecule has 1 amide bonds. The lowest BCUT2D eigenvalue weighted by molar-refractivity contribution is -0.147. The summed E-state index contributed by atoms with van der Waals surface area (Å²) < 4.78 is 43.4. The van der Waals surface area contributed by atoms with E-state index in [1.165, 1.54) is 0 Å². The lowest BCUT2D eigenvalue weighted by atomic mass is 9.98. The van der Waals surface area contributed by atoms with Crippen LogP contribution in [0.25, 0.3) is 11.1 Å². The van der Waals surface area contributed by atoms with Gasteiger partial charge in [0.15, 0.2) is 0 Å². The summed E-state index contributed by atoms with van der Waals surface area (Å²) in [5.41, 5.74) is 4.20. The zero-order chi connectivity index (χ0) is 21.7. The van der Waals surface area contributed by atoms with Crippen LogP contribution in [0.1, 0.15) is 36.3 Å². The Kier molecular flexibility index (Phi) is 6.64. The Hall–Kier alpha value is -3.03. The third kappa shape index (κ3) is 5.52. The molecule has 30 heavy (non-hydrogen) atoms. The van der Waals surface area contributed by atoms with Crippen LogP contribution in [0.4, 0.5) is 18.0 Å². The average Bonchev–Trinajstić information content (AvgIpc) is 3.01. The number of alkyl carbamates (subject to hydrolysis) is 1. The van der Waals surface area contributed by atoms with Gasteiger partial charge in [-0.2, -0.15) is 13.2 Å². The molecule has 1 aliphatic rings. The molecule has 0 spiro atoms. The molecule has 0 radical (unpaired) electrons. The number of fused-ring (bicyclic) bond motifs is 3. The largest absolute Gasteiger partial charge is 0.481 e. The van der Waals surface area contributed by atoms with Crippen LogP contribution in [0, 0.1) is 5.92 Å². The topological polar surface area (TPSA) is 75.6 Å². The van der Waals surface area contributed by atoms with E-state index in [-0.39, 0.29) is 25.5 Å². The SMILES string of the molecule is O=C(O)CCC(CNC(=O)OCC1c2ccccc2-c2ccccc21)CC(F)(F)F. The number of halogens is 3. The summed E-state index contributed by atoms with van der Waals surface area (Å²) in [5.74, 6) is -2.36. The highest BCUT2D eigenvalue weighted by atomic mass is 19.4. The van der Waals surface area contributed by atoms with Gasteiger partial charge in [-0.25, -0.2) is 4.79 Å². The fraction of sp³-hybridized carbons (Fsp3) is 0.364. The van der Waals surface area contributed by atoms with Gasteiger partial charge in [-0.3, -0.25) is 4.79 Å². The van der Waals surface area contributed by atoms with E-state index in [1.54, 1.807) is 0 Å². The molecule has 0 aliphatic heterocycles. The lowest BCUT2D eigenvalue weighted by Gasteiger charge is -2.19. The summed E-state index contributed by atoms with van der Waals surface area (Å²) >= 11 is 0. The number of nitrogens with one attached hydrogen (secondary N) is 1. The van der Waals surface area contributed by atoms with E-state index in [9.17, 15) is 22.8 Å². The maximum atomic E-state index is 12.7. The molecule has 2 N–H and O–H groups in total. The highest BCUT2D eigenvalue weighted by molar-refractivity contribution is 5.79. The van der Waals surface area contributed by atoms with E-state index in [0.717, 1.165) is 22.3 Å². The van der Waals surface area contributed by atoms with Crippen LogP contribution < -0.4 is 5.32 Å². The number of ether oxygens (including phenoxy) is 1. The van der Waals surface area contributed by atoms with Crippen LogP contribution >= 0.6 is 0 Å². The number of hydrogen-bond donors (Lipinski definition) is 2. The van der Waals surface area contributed by atoms with Gasteiger partial charge in [0.1, 0.15) is 6.61 Å². The minimum absolute atomic E-state index is 0.0545. The van der Waals surface area contributed by atoms with E-state index in [4.69, 9.17) is 9.84 Å². The molecule has 0 saturated carbocycles. The molecule has 0 fully saturated rings. The van der Waals surface area contributed by atoms with Gasteiger partial charge in [-0.05, 0) is 34.6 Å². The van der Waals surface area contributed by atoms with Gasteiger partial charge in [0.2, 0.25) is 0 Å². The van der Waals surface area contributed by atoms with E-state index < -0.39 is 37.0 Å². The quantitative estimate of drug-likeness (QED) is 0.632. The first kappa shape index (κ1) is 21.7. The summed E-state index contributed by atoms with van der Waals surface area (Å²) in [4.78, 5) is 22.8. The van der Waals surface area contributed by atoms with Crippen LogP contribution in [-0.4, -0.2) is 36.5 Å². The third-order valence-corrected chi connectivity index (χ3v) is 5.17. The van der Waals surface area contributed by atoms with Crippen molar-refractivity contribution in [1.82, 2.24) is 5.32 Å². The molecule has 3 rings (SSSR count). The minimum Gasteiger partial charge on any atom is -0.481 e. The smallest absolute Gasteiger partial charge is 0.407 e. The first-order valence-electron chi connectivity index (χ1n) is 9.62. The average molecular weight is 421 g/mol. The maximum absolute atomic E-state index is 12.7. The van der Waals surface area contributed by atoms with Gasteiger partial charge >= 0.3 is 18.2 Å². The number of benzene rings is 2. The van der Waals surface area contributed by atoms with Crippen molar-refractivity contribution in [2.45, 2.75) is 31.4 Å². The molecule has 2 aromatic rings. The number of alkyl halides is 3. The minimum atomic E-state index is -4.44. The molecule has 0 bridgehead atoms. The van der Waals surface area contributed by atoms with Crippen molar-refractivity contribution in [3.63, 3.8) is 0 Å². The Labute approximate surface area is 171 Å². The summed E-state index contributed by atoms with van der Waals surface area (Å²) in [7, 11) is 0. The summed E-state index contributed by atoms with van der Waals surface area (Å²) in [6.45, 7) is -0.248. The Bertz CT molecular complexity index is 868. The Morgan fingerprint density at radius 1 is 1.03 bits per heavy atom. The fourth-order valence-electron chi connectivity index (χ4n) is 3.81. The molecule has 8 heteroatoms. The van der Waals surface area contributed by atoms with E-state index in [2.05, 4.69) is 5.32 Å². The van der Waals surface area contributed by atoms with E-state index in [1.807, 2.05) is 48.5 Å². The highest BCUT2D eigenvalue weighted by Crippen LogP contribution is 2.44. The predicted molar refractivity (Wildman–Crippen MR) is 104 cm³/mol. The second-order valence-corrected chi connectivity index (χ2v) is 7.32. The molecule has 0 heterocycles. The molecular formula is C22H22F3NO4. The summed E-state index contributed by atoms with van der Waals surface area (Å²) in [5, 5.41) is 11.1. The normalized spacial score (nSPS) is 14.0. The standard InChI is InChI=1S/C22H22F3NO4/c23-22(24,25)11-14(9-10-20(27)28)12-26-21(29)30-13-19-17-7-3-1-5-15(17)16-6-2-4-8-18(16)19/h1-8,14,19H,9-13H2,(H,26,29)(H,27,28). The molecule has 160 valence electrons. The van der Waals surface area contributed by atoms with Crippen molar-refractivity contribution >= 4 is 12.1 Å². The Morgan fingerprint density at radius 3 is 2.13 bits per heavy atom. The first-order valence-corrected chi connectivity index (χ1v) is 9.62. The van der Waals surface area contributed by atoms with Crippen LogP contribution in [-0.2, 0) is 9.53 Å². The van der Waals surface area contributed by atoms with Gasteiger partial charge in [0.25, 0.3) is 0 Å². The number of carboxylic acids is 1. The number of carbonyl (C=O) groups excluding carboxylic acids is 1. The van der Waals surface area contributed by atoms with E-state index in [0.29, 0.717) is 0 Å². The third-order valence-electron chi connectivity index (χ3n) is 5.17. The molecule has 1 unspecified atom stereocenters. The number of rotatable bonds is 8. The molecule has 2 aromatic carbocycles. The van der Waals surface area contributed by atoms with Crippen molar-refractivity contribution < 1.29 is 32.6 Å². The van der Waals surface area contributed by atoms with E-state index >= 15 is 0 Å². The van der Waals surface area contributed by atoms with Crippen molar-refractivity contribution in [3.05, 3.63) is 59.7 Å². The fourth-order valence-corrected chi connectivity index (χ4v) is 3.81. The molecular weight excluding hydrogens is 399 g/mol. The molecule has 0 aromatic heterocycles. The lowest BCUT2D eigenvalue weighted by Crippen LogP contribution is -2.33. The first-order chi connectivity index (χ1) is 14.2. The number of aliphatic carboxylic acids is 1. The van der Waals surface area contributed by atoms with Crippen molar-refractivity contribution in [2.24, 2.45) is 5.92 Å². The second-order valence-electron chi connectivity index (χ2n) is 7.32. The van der Waals surface area contributed by atoms with Crippen LogP contribution in [0.3, 0.4) is 0 Å². The predicted octanol–water partition coefficient (Wildman–Crippen LogP) is 4.96. The Morgan fingerprint density at radius 2 is 1.60 bits per heavy atom. The van der Waals surface area contributed by atoms with Crippen molar-refractivity contribution in [1.29, 1.82) is 0 Å². The monoisotopic (exact) mass is 421 g/mol. The Balaban J connectivity index is 1.58. The summed E-state index contributed by atoms with van der Waals surface area (Å²) in [6.07, 6.45) is -7.00. The zero-order valence-electron chi connectivity index (χ0n) is 16.1. The molecule has 0 saturated heterocycles. The summed E-state index contributed by atoms with van der Waals surface area (Å²) in [6, 6.07) is 15.6. The van der Waals surface area contributed by atoms with Gasteiger partial charge in [0.05, 0.1) is 0 Å². The van der Waals surface area contributed by atoms with Crippen molar-refractivity contribution in [3.8, 4) is 11.1 Å². The highest BCUT2D eigenvalue weighted by Gasteiger charge is 2.32. The van der Waals surface area contributed by atoms with Gasteiger partial charge in [-0.1, -0.05) is 48.5 Å². The van der Waals surface area contributed by atoms with Gasteiger partial charge in [-0.15, -0.1) is 0 Å². The van der Waals surface area contributed by atoms with Crippen LogP contribution in [0.15, 0.2) is 48.5 Å². The van der Waals surface area contributed by atoms with Crippen molar-refractivity contribution in [2.75, 3.05) is 13.2 Å². The maximum Gasteiger partial charge on any atom is 0.407 e. The number of carboxylic acid groups (broad SMARTS) is 1. The molecule has 5 nitrogen and oxygen atoms in total. The van der Waals surface area contributed by atoms with Gasteiger partial charge < -0.3 is 15.2 Å². The van der Waals surface area contributed by atoms with Crippen LogP contribution in [0.5, 0.6) is 0 Å². The number of hydrogen-bond acceptors (Lipinski definition) is 3. The number of carbonyl (C=O) groups is 2. The van der Waals surface area contributed by atoms with Gasteiger partial charge in [0, 0.05) is 25.3 Å². The molecule has 1 aliphatic carbocycles. The number of amides is 1.